The first-order valence-corrected chi connectivity index (χ1v) is 10.9. The minimum Gasteiger partial charge on any atom is -0.486 e. The van der Waals surface area contributed by atoms with Gasteiger partial charge in [-0.25, -0.2) is 9.42 Å². The molecule has 2 fully saturated rings. The predicted octanol–water partition coefficient (Wildman–Crippen LogP) is 3.85. The first-order chi connectivity index (χ1) is 15.9. The zero-order chi connectivity index (χ0) is 23.0. The van der Waals surface area contributed by atoms with Gasteiger partial charge in [0.1, 0.15) is 23.7 Å². The van der Waals surface area contributed by atoms with E-state index in [1.165, 1.54) is 0 Å². The van der Waals surface area contributed by atoms with Crippen LogP contribution in [0.4, 0.5) is 10.5 Å². The Morgan fingerprint density at radius 1 is 1.15 bits per heavy atom. The Hall–Kier alpha value is -3.59. The van der Waals surface area contributed by atoms with Crippen LogP contribution in [0.5, 0.6) is 5.75 Å². The molecule has 5 rings (SSSR count). The van der Waals surface area contributed by atoms with Crippen LogP contribution >= 0.6 is 11.6 Å². The Kier molecular flexibility index (Phi) is 5.41. The van der Waals surface area contributed by atoms with E-state index in [-0.39, 0.29) is 12.5 Å². The molecule has 1 atom stereocenters. The van der Waals surface area contributed by atoms with Crippen LogP contribution < -0.4 is 9.64 Å². The van der Waals surface area contributed by atoms with Crippen LogP contribution in [-0.2, 0) is 11.3 Å². The molecule has 0 radical (unpaired) electrons. The number of aryl methyl sites for hydroxylation is 1. The van der Waals surface area contributed by atoms with Crippen molar-refractivity contribution in [2.75, 3.05) is 24.5 Å². The Balaban J connectivity index is 1.29. The quantitative estimate of drug-likeness (QED) is 0.560. The summed E-state index contributed by atoms with van der Waals surface area (Å²) in [5.41, 5.74) is 1.60. The van der Waals surface area contributed by atoms with E-state index < -0.39 is 11.7 Å². The van der Waals surface area contributed by atoms with Gasteiger partial charge in [-0.15, -0.1) is 0 Å². The number of carbonyl (C=O) groups excluding carboxylic acids is 2. The van der Waals surface area contributed by atoms with E-state index in [9.17, 15) is 9.59 Å². The molecule has 2 amide bonds. The van der Waals surface area contributed by atoms with Crippen molar-refractivity contribution in [3.8, 4) is 5.75 Å². The van der Waals surface area contributed by atoms with Gasteiger partial charge < -0.3 is 14.4 Å². The average molecular weight is 469 g/mol. The van der Waals surface area contributed by atoms with Gasteiger partial charge >= 0.3 is 6.09 Å². The van der Waals surface area contributed by atoms with Crippen LogP contribution in [0.15, 0.2) is 53.2 Å². The summed E-state index contributed by atoms with van der Waals surface area (Å²) >= 11 is 5.96. The number of hydrogen-bond acceptors (Lipinski definition) is 7. The summed E-state index contributed by atoms with van der Waals surface area (Å²) in [5.74, 6) is 0.260. The largest absolute Gasteiger partial charge is 0.486 e. The molecule has 1 spiro atoms. The van der Waals surface area contributed by atoms with Crippen LogP contribution in [0.25, 0.3) is 0 Å². The van der Waals surface area contributed by atoms with Crippen LogP contribution in [-0.4, -0.2) is 52.4 Å². The number of carbonyl (C=O) groups is 2. The van der Waals surface area contributed by atoms with E-state index >= 15 is 0 Å². The lowest BCUT2D eigenvalue weighted by molar-refractivity contribution is 0.0551. The van der Waals surface area contributed by atoms with Gasteiger partial charge in [0, 0.05) is 23.7 Å². The third-order valence-corrected chi connectivity index (χ3v) is 6.19. The van der Waals surface area contributed by atoms with Gasteiger partial charge in [-0.1, -0.05) is 34.0 Å². The molecule has 9 nitrogen and oxygen atoms in total. The summed E-state index contributed by atoms with van der Waals surface area (Å²) in [6.07, 6.45) is 0.133. The van der Waals surface area contributed by atoms with Crippen molar-refractivity contribution in [2.24, 2.45) is 0 Å². The van der Waals surface area contributed by atoms with E-state index in [4.69, 9.17) is 25.7 Å². The molecule has 170 valence electrons. The molecule has 2 saturated heterocycles. The lowest BCUT2D eigenvalue weighted by Gasteiger charge is -2.23. The highest BCUT2D eigenvalue weighted by Crippen LogP contribution is 2.36. The van der Waals surface area contributed by atoms with Crippen LogP contribution in [0.3, 0.4) is 0 Å². The predicted molar refractivity (Wildman–Crippen MR) is 118 cm³/mol. The number of amides is 2. The van der Waals surface area contributed by atoms with Crippen LogP contribution in [0, 0.1) is 6.92 Å². The standard InChI is InChI=1S/C23H21ClN4O5/c1-15-19(26-33-25-15)12-31-20-5-3-2-4-18(20)21(29)27-11-10-23(13-27)14-28(22(30)32-23)17-8-6-16(24)7-9-17/h2-9H,10-14H2,1H3. The van der Waals surface area contributed by atoms with Crippen molar-refractivity contribution in [3.05, 3.63) is 70.5 Å². The van der Waals surface area contributed by atoms with Gasteiger partial charge in [0.15, 0.2) is 5.60 Å². The van der Waals surface area contributed by atoms with Crippen molar-refractivity contribution in [2.45, 2.75) is 25.6 Å². The lowest BCUT2D eigenvalue weighted by Crippen LogP contribution is -2.39. The number of likely N-dealkylation sites (tertiary alicyclic amines) is 1. The van der Waals surface area contributed by atoms with Gasteiger partial charge in [-0.2, -0.15) is 0 Å². The van der Waals surface area contributed by atoms with Crippen molar-refractivity contribution < 1.29 is 23.7 Å². The Morgan fingerprint density at radius 2 is 1.94 bits per heavy atom. The Labute approximate surface area is 194 Å². The normalized spacial score (nSPS) is 19.9. The molecule has 0 bridgehead atoms. The Bertz CT molecular complexity index is 1200. The monoisotopic (exact) mass is 468 g/mol. The highest BCUT2D eigenvalue weighted by molar-refractivity contribution is 6.30. The number of para-hydroxylation sites is 1. The highest BCUT2D eigenvalue weighted by atomic mass is 35.5. The minimum absolute atomic E-state index is 0.136. The fourth-order valence-corrected chi connectivity index (χ4v) is 4.27. The van der Waals surface area contributed by atoms with Crippen molar-refractivity contribution in [1.82, 2.24) is 15.2 Å². The molecule has 0 saturated carbocycles. The zero-order valence-electron chi connectivity index (χ0n) is 17.9. The van der Waals surface area contributed by atoms with E-state index in [1.807, 2.05) is 0 Å². The second kappa shape index (κ2) is 8.40. The SMILES string of the molecule is Cc1nonc1COc1ccccc1C(=O)N1CCC2(C1)CN(c1ccc(Cl)cc1)C(=O)O2. The number of anilines is 1. The second-order valence-electron chi connectivity index (χ2n) is 8.17. The topological polar surface area (TPSA) is 98.0 Å². The first kappa shape index (κ1) is 21.3. The molecule has 33 heavy (non-hydrogen) atoms. The number of hydrogen-bond donors (Lipinski definition) is 0. The highest BCUT2D eigenvalue weighted by Gasteiger charge is 2.51. The van der Waals surface area contributed by atoms with E-state index in [2.05, 4.69) is 10.3 Å². The van der Waals surface area contributed by atoms with E-state index in [0.717, 1.165) is 0 Å². The summed E-state index contributed by atoms with van der Waals surface area (Å²) in [6, 6.07) is 14.1. The number of nitrogens with zero attached hydrogens (tertiary/aromatic N) is 4. The van der Waals surface area contributed by atoms with Gasteiger partial charge in [0.25, 0.3) is 5.91 Å². The van der Waals surface area contributed by atoms with Crippen molar-refractivity contribution >= 4 is 29.3 Å². The van der Waals surface area contributed by atoms with E-state index in [0.29, 0.717) is 59.5 Å². The molecule has 1 unspecified atom stereocenters. The van der Waals surface area contributed by atoms with Gasteiger partial charge in [0.05, 0.1) is 18.7 Å². The van der Waals surface area contributed by atoms with Gasteiger partial charge in [-0.3, -0.25) is 9.69 Å². The Morgan fingerprint density at radius 3 is 2.70 bits per heavy atom. The molecule has 2 aromatic carbocycles. The molecule has 2 aliphatic heterocycles. The minimum atomic E-state index is -0.744. The molecule has 3 aromatic rings. The maximum absolute atomic E-state index is 13.3. The number of aromatic nitrogens is 2. The smallest absolute Gasteiger partial charge is 0.415 e. The number of ether oxygens (including phenoxy) is 2. The fraction of sp³-hybridized carbons (Fsp3) is 0.304. The lowest BCUT2D eigenvalue weighted by atomic mass is 10.0. The number of halogens is 1. The van der Waals surface area contributed by atoms with E-state index in [1.54, 1.807) is 65.3 Å². The zero-order valence-corrected chi connectivity index (χ0v) is 18.6. The molecule has 10 heteroatoms. The summed E-state index contributed by atoms with van der Waals surface area (Å²) in [5, 5.41) is 8.14. The third-order valence-electron chi connectivity index (χ3n) is 5.94. The molecular formula is C23H21ClN4O5. The molecule has 1 aromatic heterocycles. The number of benzene rings is 2. The maximum Gasteiger partial charge on any atom is 0.415 e. The van der Waals surface area contributed by atoms with Crippen LogP contribution in [0.2, 0.25) is 5.02 Å². The summed E-state index contributed by atoms with van der Waals surface area (Å²) in [4.78, 5) is 29.2. The fourth-order valence-electron chi connectivity index (χ4n) is 4.14. The molecular weight excluding hydrogens is 448 g/mol. The van der Waals surface area contributed by atoms with Crippen LogP contribution in [0.1, 0.15) is 28.2 Å². The third kappa shape index (κ3) is 4.11. The molecule has 2 aliphatic rings. The van der Waals surface area contributed by atoms with Crippen molar-refractivity contribution in [1.29, 1.82) is 0 Å². The molecule has 0 N–H and O–H groups in total. The van der Waals surface area contributed by atoms with Gasteiger partial charge in [0.2, 0.25) is 0 Å². The summed E-state index contributed by atoms with van der Waals surface area (Å²) in [7, 11) is 0. The average Bonchev–Trinajstić information content (AvgIpc) is 3.51. The second-order valence-corrected chi connectivity index (χ2v) is 8.61. The molecule has 0 aliphatic carbocycles. The maximum atomic E-state index is 13.3. The van der Waals surface area contributed by atoms with Crippen molar-refractivity contribution in [3.63, 3.8) is 0 Å². The first-order valence-electron chi connectivity index (χ1n) is 10.5. The molecule has 3 heterocycles. The summed E-state index contributed by atoms with van der Waals surface area (Å²) in [6.45, 7) is 3.06. The van der Waals surface area contributed by atoms with Gasteiger partial charge in [-0.05, 0) is 43.3 Å². The summed E-state index contributed by atoms with van der Waals surface area (Å²) < 4.78 is 16.3. The number of rotatable bonds is 5.